The molecule has 1 aromatic rings. The normalized spacial score (nSPS) is 21.0. The molecular weight excluding hydrogens is 262 g/mol. The number of piperazine rings is 1. The van der Waals surface area contributed by atoms with Crippen molar-refractivity contribution in [2.45, 2.75) is 25.4 Å². The van der Waals surface area contributed by atoms with E-state index in [0.717, 1.165) is 37.8 Å². The Hall–Kier alpha value is -0.650. The van der Waals surface area contributed by atoms with Gasteiger partial charge >= 0.3 is 0 Å². The van der Waals surface area contributed by atoms with Crippen molar-refractivity contribution in [2.24, 2.45) is 0 Å². The molecule has 2 heterocycles. The van der Waals surface area contributed by atoms with Crippen molar-refractivity contribution < 1.29 is 0 Å². The molecule has 1 saturated heterocycles. The molecule has 0 radical (unpaired) electrons. The lowest BCUT2D eigenvalue weighted by Crippen LogP contribution is -2.51. The molecule has 98 valence electrons. The molecule has 3 nitrogen and oxygen atoms in total. The maximum Gasteiger partial charge on any atom is 0.169 e. The highest BCUT2D eigenvalue weighted by Gasteiger charge is 2.25. The number of thiophene rings is 1. The number of nitrogens with zero attached hydrogens (tertiary/aromatic N) is 2. The summed E-state index contributed by atoms with van der Waals surface area (Å²) >= 11 is 7.22. The van der Waals surface area contributed by atoms with Crippen LogP contribution in [0.15, 0.2) is 16.8 Å². The average molecular weight is 281 g/mol. The van der Waals surface area contributed by atoms with Crippen LogP contribution in [0.1, 0.15) is 18.4 Å². The van der Waals surface area contributed by atoms with E-state index in [-0.39, 0.29) is 0 Å². The first kappa shape index (κ1) is 12.4. The zero-order valence-corrected chi connectivity index (χ0v) is 12.1. The van der Waals surface area contributed by atoms with Gasteiger partial charge in [0.15, 0.2) is 5.11 Å². The molecule has 5 heteroatoms. The minimum absolute atomic E-state index is 0.668. The van der Waals surface area contributed by atoms with Crippen LogP contribution in [0.5, 0.6) is 0 Å². The van der Waals surface area contributed by atoms with E-state index in [9.17, 15) is 0 Å². The Morgan fingerprint density at radius 1 is 1.33 bits per heavy atom. The highest BCUT2D eigenvalue weighted by atomic mass is 32.1. The molecule has 1 N–H and O–H groups in total. The molecule has 0 atom stereocenters. The summed E-state index contributed by atoms with van der Waals surface area (Å²) in [5.74, 6) is 0. The Morgan fingerprint density at radius 3 is 2.72 bits per heavy atom. The van der Waals surface area contributed by atoms with Crippen LogP contribution in [0.2, 0.25) is 0 Å². The van der Waals surface area contributed by atoms with Crippen LogP contribution < -0.4 is 5.32 Å². The van der Waals surface area contributed by atoms with Gasteiger partial charge in [0.1, 0.15) is 0 Å². The Balaban J connectivity index is 1.44. The van der Waals surface area contributed by atoms with Crippen molar-refractivity contribution in [3.63, 3.8) is 0 Å². The summed E-state index contributed by atoms with van der Waals surface area (Å²) in [7, 11) is 0. The van der Waals surface area contributed by atoms with Gasteiger partial charge in [-0.2, -0.15) is 11.3 Å². The minimum Gasteiger partial charge on any atom is -0.360 e. The van der Waals surface area contributed by atoms with Crippen LogP contribution in [0.3, 0.4) is 0 Å². The van der Waals surface area contributed by atoms with Gasteiger partial charge in [-0.25, -0.2) is 0 Å². The van der Waals surface area contributed by atoms with Crippen LogP contribution in [0, 0.1) is 0 Å². The van der Waals surface area contributed by atoms with E-state index >= 15 is 0 Å². The molecule has 0 unspecified atom stereocenters. The molecule has 0 bridgehead atoms. The number of hydrogen-bond acceptors (Lipinski definition) is 3. The Labute approximate surface area is 118 Å². The van der Waals surface area contributed by atoms with Crippen molar-refractivity contribution in [1.82, 2.24) is 15.1 Å². The third-order valence-electron chi connectivity index (χ3n) is 3.55. The summed E-state index contributed by atoms with van der Waals surface area (Å²) in [4.78, 5) is 4.83. The second kappa shape index (κ2) is 5.55. The predicted molar refractivity (Wildman–Crippen MR) is 79.9 cm³/mol. The fraction of sp³-hybridized carbons (Fsp3) is 0.615. The first-order valence-corrected chi connectivity index (χ1v) is 7.95. The lowest BCUT2D eigenvalue weighted by molar-refractivity contribution is 0.174. The number of thiocarbonyl (C=S) groups is 1. The molecule has 0 spiro atoms. The first-order valence-electron chi connectivity index (χ1n) is 6.60. The molecule has 1 aromatic heterocycles. The fourth-order valence-corrected chi connectivity index (χ4v) is 3.25. The van der Waals surface area contributed by atoms with Gasteiger partial charge in [-0.3, -0.25) is 4.90 Å². The van der Waals surface area contributed by atoms with Crippen molar-refractivity contribution in [3.05, 3.63) is 22.4 Å². The van der Waals surface area contributed by atoms with Gasteiger partial charge in [0, 0.05) is 38.8 Å². The smallest absolute Gasteiger partial charge is 0.169 e. The second-order valence-corrected chi connectivity index (χ2v) is 6.29. The van der Waals surface area contributed by atoms with Crippen molar-refractivity contribution in [2.75, 3.05) is 26.2 Å². The Morgan fingerprint density at radius 2 is 2.11 bits per heavy atom. The SMILES string of the molecule is S=C(NC1CC1)N1CCN(Cc2ccsc2)CC1. The van der Waals surface area contributed by atoms with Crippen LogP contribution in [-0.2, 0) is 6.54 Å². The zero-order valence-electron chi connectivity index (χ0n) is 10.5. The summed E-state index contributed by atoms with van der Waals surface area (Å²) in [6.45, 7) is 5.43. The van der Waals surface area contributed by atoms with E-state index in [1.54, 1.807) is 11.3 Å². The van der Waals surface area contributed by atoms with E-state index in [0.29, 0.717) is 6.04 Å². The van der Waals surface area contributed by atoms with Gasteiger partial charge in [0.25, 0.3) is 0 Å². The van der Waals surface area contributed by atoms with Gasteiger partial charge in [-0.15, -0.1) is 0 Å². The number of hydrogen-bond donors (Lipinski definition) is 1. The third kappa shape index (κ3) is 3.22. The van der Waals surface area contributed by atoms with Crippen LogP contribution in [0.25, 0.3) is 0 Å². The van der Waals surface area contributed by atoms with Crippen LogP contribution in [-0.4, -0.2) is 47.1 Å². The average Bonchev–Trinajstić information content (AvgIpc) is 3.04. The monoisotopic (exact) mass is 281 g/mol. The lowest BCUT2D eigenvalue weighted by atomic mass is 10.2. The largest absolute Gasteiger partial charge is 0.360 e. The lowest BCUT2D eigenvalue weighted by Gasteiger charge is -2.36. The maximum absolute atomic E-state index is 5.44. The maximum atomic E-state index is 5.44. The van der Waals surface area contributed by atoms with E-state index in [2.05, 4.69) is 31.9 Å². The van der Waals surface area contributed by atoms with Crippen molar-refractivity contribution in [3.8, 4) is 0 Å². The van der Waals surface area contributed by atoms with Gasteiger partial charge in [0.2, 0.25) is 0 Å². The molecule has 3 rings (SSSR count). The van der Waals surface area contributed by atoms with Gasteiger partial charge in [0.05, 0.1) is 0 Å². The van der Waals surface area contributed by atoms with E-state index in [1.807, 2.05) is 0 Å². The molecule has 1 saturated carbocycles. The number of rotatable bonds is 3. The second-order valence-electron chi connectivity index (χ2n) is 5.12. The molecular formula is C13H19N3S2. The molecule has 2 fully saturated rings. The highest BCUT2D eigenvalue weighted by molar-refractivity contribution is 7.80. The quantitative estimate of drug-likeness (QED) is 0.853. The summed E-state index contributed by atoms with van der Waals surface area (Å²) in [6.07, 6.45) is 2.58. The van der Waals surface area contributed by atoms with Gasteiger partial charge < -0.3 is 10.2 Å². The zero-order chi connectivity index (χ0) is 12.4. The molecule has 0 aromatic carbocycles. The predicted octanol–water partition coefficient (Wildman–Crippen LogP) is 1.90. The molecule has 0 amide bonds. The van der Waals surface area contributed by atoms with E-state index < -0.39 is 0 Å². The molecule has 1 aliphatic carbocycles. The number of nitrogens with one attached hydrogen (secondary N) is 1. The van der Waals surface area contributed by atoms with E-state index in [4.69, 9.17) is 12.2 Å². The van der Waals surface area contributed by atoms with Gasteiger partial charge in [-0.1, -0.05) is 0 Å². The van der Waals surface area contributed by atoms with Crippen LogP contribution in [0.4, 0.5) is 0 Å². The molecule has 18 heavy (non-hydrogen) atoms. The first-order chi connectivity index (χ1) is 8.81. The third-order valence-corrected chi connectivity index (χ3v) is 4.66. The van der Waals surface area contributed by atoms with Gasteiger partial charge in [-0.05, 0) is 47.4 Å². The summed E-state index contributed by atoms with van der Waals surface area (Å²) in [5, 5.41) is 8.78. The van der Waals surface area contributed by atoms with E-state index in [1.165, 1.54) is 18.4 Å². The van der Waals surface area contributed by atoms with Crippen LogP contribution >= 0.6 is 23.6 Å². The summed E-state index contributed by atoms with van der Waals surface area (Å²) in [6, 6.07) is 2.89. The fourth-order valence-electron chi connectivity index (χ4n) is 2.24. The molecule has 2 aliphatic rings. The molecule has 1 aliphatic heterocycles. The minimum atomic E-state index is 0.668. The highest BCUT2D eigenvalue weighted by Crippen LogP contribution is 2.19. The summed E-state index contributed by atoms with van der Waals surface area (Å²) < 4.78 is 0. The van der Waals surface area contributed by atoms with Crippen molar-refractivity contribution in [1.29, 1.82) is 0 Å². The Kier molecular flexibility index (Phi) is 3.82. The topological polar surface area (TPSA) is 18.5 Å². The van der Waals surface area contributed by atoms with Crippen molar-refractivity contribution >= 4 is 28.7 Å². The Bertz CT molecular complexity index is 392. The summed E-state index contributed by atoms with van der Waals surface area (Å²) in [5.41, 5.74) is 1.44. The standard InChI is InChI=1S/C13H19N3S2/c17-13(14-12-1-2-12)16-6-4-15(5-7-16)9-11-3-8-18-10-11/h3,8,10,12H,1-2,4-7,9H2,(H,14,17).